The largest absolute Gasteiger partial charge is 0.544 e. The Morgan fingerprint density at radius 1 is 0.517 bits per heavy atom. The Kier molecular flexibility index (Phi) is 41.0. The van der Waals surface area contributed by atoms with Crippen LogP contribution in [0.2, 0.25) is 0 Å². The number of nitrogens with zero attached hydrogens (tertiary/aromatic N) is 1. The van der Waals surface area contributed by atoms with Crippen LogP contribution in [0.4, 0.5) is 0 Å². The molecular formula is C52H93NO7. The fourth-order valence-corrected chi connectivity index (χ4v) is 7.14. The zero-order valence-electron chi connectivity index (χ0n) is 39.6. The first-order chi connectivity index (χ1) is 29.1. The van der Waals surface area contributed by atoms with E-state index in [-0.39, 0.29) is 42.7 Å². The summed E-state index contributed by atoms with van der Waals surface area (Å²) in [7, 11) is 5.41. The van der Waals surface area contributed by atoms with Gasteiger partial charge in [-0.2, -0.15) is 0 Å². The molecule has 8 heteroatoms. The molecule has 8 nitrogen and oxygen atoms in total. The Labute approximate surface area is 369 Å². The van der Waals surface area contributed by atoms with Gasteiger partial charge in [0.25, 0.3) is 0 Å². The molecule has 60 heavy (non-hydrogen) atoms. The molecule has 0 saturated carbocycles. The van der Waals surface area contributed by atoms with Gasteiger partial charge in [0.1, 0.15) is 12.6 Å². The maximum absolute atomic E-state index is 12.7. The van der Waals surface area contributed by atoms with Crippen molar-refractivity contribution in [3.05, 3.63) is 48.6 Å². The number of aliphatic carboxylic acids is 1. The van der Waals surface area contributed by atoms with E-state index < -0.39 is 18.1 Å². The van der Waals surface area contributed by atoms with E-state index in [2.05, 4.69) is 62.5 Å². The molecule has 0 aromatic rings. The molecule has 0 rings (SSSR count). The summed E-state index contributed by atoms with van der Waals surface area (Å²) in [5, 5.41) is 11.6. The Morgan fingerprint density at radius 2 is 0.933 bits per heavy atom. The number of rotatable bonds is 44. The van der Waals surface area contributed by atoms with Crippen LogP contribution < -0.4 is 5.11 Å². The number of carbonyl (C=O) groups is 3. The summed E-state index contributed by atoms with van der Waals surface area (Å²) in [6.07, 6.45) is 51.4. The summed E-state index contributed by atoms with van der Waals surface area (Å²) in [4.78, 5) is 37.0. The first-order valence-electron chi connectivity index (χ1n) is 24.7. The maximum atomic E-state index is 12.7. The number of likely N-dealkylation sites (N-methyl/N-ethyl adjacent to an activating group) is 1. The van der Waals surface area contributed by atoms with Crippen LogP contribution in [-0.2, 0) is 28.6 Å². The van der Waals surface area contributed by atoms with Gasteiger partial charge in [0.2, 0.25) is 0 Å². The van der Waals surface area contributed by atoms with E-state index in [1.165, 1.54) is 109 Å². The van der Waals surface area contributed by atoms with Crippen molar-refractivity contribution in [2.24, 2.45) is 0 Å². The minimum Gasteiger partial charge on any atom is -0.544 e. The Hall–Kier alpha value is -2.71. The molecule has 348 valence electrons. The zero-order chi connectivity index (χ0) is 44.2. The van der Waals surface area contributed by atoms with Crippen LogP contribution in [0.15, 0.2) is 48.6 Å². The standard InChI is InChI=1S/C52H93NO7/c1-6-8-10-12-14-16-18-20-22-24-25-26-27-29-30-32-34-36-38-40-42-50(54)59-47-48(46-58-45-44-49(52(56)57)53(3,4)5)60-51(55)43-41-39-37-35-33-31-28-23-21-19-17-15-13-11-9-7-2/h9,11,15,17,21,23,25-26,48-49H,6-8,10,12-14,16,18-20,22,24,27-47H2,1-5H3/b11-9+,17-15+,23-21+,26-25+. The lowest BCUT2D eigenvalue weighted by Crippen LogP contribution is -2.55. The van der Waals surface area contributed by atoms with Crippen LogP contribution in [0.25, 0.3) is 0 Å². The number of allylic oxidation sites excluding steroid dienone is 8. The smallest absolute Gasteiger partial charge is 0.306 e. The molecule has 0 fully saturated rings. The fraction of sp³-hybridized carbons (Fsp3) is 0.788. The highest BCUT2D eigenvalue weighted by molar-refractivity contribution is 5.70. The number of hydrogen-bond donors (Lipinski definition) is 0. The second kappa shape index (κ2) is 43.0. The number of carboxylic acids is 1. The normalized spacial score (nSPS) is 13.3. The van der Waals surface area contributed by atoms with Gasteiger partial charge in [-0.1, -0.05) is 172 Å². The number of quaternary nitrogens is 1. The molecule has 0 saturated heterocycles. The van der Waals surface area contributed by atoms with Crippen molar-refractivity contribution in [1.82, 2.24) is 0 Å². The molecule has 0 aromatic heterocycles. The minimum atomic E-state index is -1.13. The molecule has 0 aromatic carbocycles. The summed E-state index contributed by atoms with van der Waals surface area (Å²) in [6, 6.07) is -0.730. The van der Waals surface area contributed by atoms with Gasteiger partial charge in [-0.05, 0) is 70.6 Å². The van der Waals surface area contributed by atoms with Crippen LogP contribution in [0, 0.1) is 0 Å². The Balaban J connectivity index is 4.27. The highest BCUT2D eigenvalue weighted by atomic mass is 16.6. The van der Waals surface area contributed by atoms with Gasteiger partial charge in [0, 0.05) is 19.3 Å². The average Bonchev–Trinajstić information content (AvgIpc) is 3.21. The lowest BCUT2D eigenvalue weighted by Gasteiger charge is -2.34. The molecular weight excluding hydrogens is 751 g/mol. The van der Waals surface area contributed by atoms with E-state index >= 15 is 0 Å². The number of carbonyl (C=O) groups excluding carboxylic acids is 3. The van der Waals surface area contributed by atoms with E-state index in [4.69, 9.17) is 14.2 Å². The Bertz CT molecular complexity index is 1120. The molecule has 0 aliphatic carbocycles. The SMILES string of the molecule is CC/C=C/C/C=C/C/C=C/CCCCCCCCC(=O)OC(COCCC(C(=O)[O-])[N+](C)(C)C)COC(=O)CCCCCCCCC/C=C/CCCCCCCCCCC. The third kappa shape index (κ3) is 40.7. The van der Waals surface area contributed by atoms with Crippen molar-refractivity contribution in [2.75, 3.05) is 41.0 Å². The first-order valence-corrected chi connectivity index (χ1v) is 24.7. The number of unbranched alkanes of at least 4 members (excludes halogenated alkanes) is 22. The molecule has 0 amide bonds. The predicted molar refractivity (Wildman–Crippen MR) is 250 cm³/mol. The molecule has 2 atom stereocenters. The molecule has 0 N–H and O–H groups in total. The van der Waals surface area contributed by atoms with Crippen molar-refractivity contribution < 1.29 is 38.2 Å². The van der Waals surface area contributed by atoms with Crippen LogP contribution in [0.3, 0.4) is 0 Å². The first kappa shape index (κ1) is 57.3. The third-order valence-corrected chi connectivity index (χ3v) is 10.9. The van der Waals surface area contributed by atoms with Crippen LogP contribution in [-0.4, -0.2) is 75.5 Å². The second-order valence-corrected chi connectivity index (χ2v) is 17.7. The topological polar surface area (TPSA) is 102 Å². The molecule has 0 aliphatic heterocycles. The predicted octanol–water partition coefficient (Wildman–Crippen LogP) is 12.6. The lowest BCUT2D eigenvalue weighted by atomic mass is 10.1. The molecule has 0 bridgehead atoms. The van der Waals surface area contributed by atoms with Crippen molar-refractivity contribution in [2.45, 2.75) is 225 Å². The maximum Gasteiger partial charge on any atom is 0.306 e. The van der Waals surface area contributed by atoms with Gasteiger partial charge in [-0.25, -0.2) is 0 Å². The van der Waals surface area contributed by atoms with E-state index in [9.17, 15) is 19.5 Å². The summed E-state index contributed by atoms with van der Waals surface area (Å²) < 4.78 is 17.2. The lowest BCUT2D eigenvalue weighted by molar-refractivity contribution is -0.889. The van der Waals surface area contributed by atoms with Crippen molar-refractivity contribution in [3.8, 4) is 0 Å². The van der Waals surface area contributed by atoms with Crippen molar-refractivity contribution in [1.29, 1.82) is 0 Å². The minimum absolute atomic E-state index is 0.0338. The van der Waals surface area contributed by atoms with Crippen molar-refractivity contribution in [3.63, 3.8) is 0 Å². The van der Waals surface area contributed by atoms with Gasteiger partial charge in [-0.15, -0.1) is 0 Å². The average molecular weight is 844 g/mol. The molecule has 2 unspecified atom stereocenters. The number of ether oxygens (including phenoxy) is 3. The van der Waals surface area contributed by atoms with Gasteiger partial charge in [0.15, 0.2) is 6.10 Å². The Morgan fingerprint density at radius 3 is 1.40 bits per heavy atom. The highest BCUT2D eigenvalue weighted by Gasteiger charge is 2.25. The third-order valence-electron chi connectivity index (χ3n) is 10.9. The van der Waals surface area contributed by atoms with E-state index in [0.717, 1.165) is 70.6 Å². The zero-order valence-corrected chi connectivity index (χ0v) is 39.6. The van der Waals surface area contributed by atoms with Gasteiger partial charge < -0.3 is 28.6 Å². The molecule has 0 aliphatic rings. The van der Waals surface area contributed by atoms with Gasteiger partial charge in [-0.3, -0.25) is 9.59 Å². The quantitative estimate of drug-likeness (QED) is 0.0260. The fourth-order valence-electron chi connectivity index (χ4n) is 7.14. The van der Waals surface area contributed by atoms with E-state index in [0.29, 0.717) is 12.8 Å². The number of carboxylic acid groups (broad SMARTS) is 1. The number of hydrogen-bond acceptors (Lipinski definition) is 7. The summed E-state index contributed by atoms with van der Waals surface area (Å²) in [5.74, 6) is -1.75. The van der Waals surface area contributed by atoms with Crippen LogP contribution in [0.1, 0.15) is 213 Å². The molecule has 0 radical (unpaired) electrons. The molecule has 0 spiro atoms. The van der Waals surface area contributed by atoms with E-state index in [1.54, 1.807) is 21.1 Å². The monoisotopic (exact) mass is 844 g/mol. The summed E-state index contributed by atoms with van der Waals surface area (Å²) in [5.41, 5.74) is 0. The van der Waals surface area contributed by atoms with Crippen LogP contribution >= 0.6 is 0 Å². The van der Waals surface area contributed by atoms with E-state index in [1.807, 2.05) is 0 Å². The summed E-state index contributed by atoms with van der Waals surface area (Å²) in [6.45, 7) is 4.55. The van der Waals surface area contributed by atoms with Crippen molar-refractivity contribution >= 4 is 17.9 Å². The highest BCUT2D eigenvalue weighted by Crippen LogP contribution is 2.15. The second-order valence-electron chi connectivity index (χ2n) is 17.7. The number of esters is 2. The van der Waals surface area contributed by atoms with Crippen LogP contribution in [0.5, 0.6) is 0 Å². The molecule has 0 heterocycles. The van der Waals surface area contributed by atoms with Gasteiger partial charge >= 0.3 is 11.9 Å². The van der Waals surface area contributed by atoms with Gasteiger partial charge in [0.05, 0.1) is 40.3 Å². The summed E-state index contributed by atoms with van der Waals surface area (Å²) >= 11 is 0.